The van der Waals surface area contributed by atoms with Gasteiger partial charge in [0.1, 0.15) is 16.8 Å². The molecule has 8 nitrogen and oxygen atoms in total. The van der Waals surface area contributed by atoms with Crippen molar-refractivity contribution in [1.82, 2.24) is 19.9 Å². The first-order valence-corrected chi connectivity index (χ1v) is 10.7. The molecule has 5 rings (SSSR count). The van der Waals surface area contributed by atoms with Crippen LogP contribution in [0.5, 0.6) is 0 Å². The van der Waals surface area contributed by atoms with Gasteiger partial charge in [-0.15, -0.1) is 0 Å². The average Bonchev–Trinajstić information content (AvgIpc) is 3.16. The predicted molar refractivity (Wildman–Crippen MR) is 123 cm³/mol. The van der Waals surface area contributed by atoms with E-state index in [1.807, 2.05) is 0 Å². The Morgan fingerprint density at radius 1 is 1.09 bits per heavy atom. The Hall–Kier alpha value is -3.84. The van der Waals surface area contributed by atoms with Crippen molar-refractivity contribution in [2.75, 3.05) is 5.73 Å². The number of alkyl halides is 3. The highest BCUT2D eigenvalue weighted by Crippen LogP contribution is 2.36. The van der Waals surface area contributed by atoms with Crippen molar-refractivity contribution < 1.29 is 27.5 Å². The highest BCUT2D eigenvalue weighted by atomic mass is 35.5. The molecule has 2 aromatic carbocycles. The number of aromatic amines is 2. The van der Waals surface area contributed by atoms with Gasteiger partial charge in [-0.2, -0.15) is 13.2 Å². The number of benzene rings is 2. The molecule has 0 spiro atoms. The molecule has 0 aliphatic heterocycles. The maximum Gasteiger partial charge on any atom is 0.490 e. The second kappa shape index (κ2) is 9.07. The van der Waals surface area contributed by atoms with Crippen molar-refractivity contribution in [3.63, 3.8) is 0 Å². The van der Waals surface area contributed by atoms with Crippen LogP contribution in [0.1, 0.15) is 0 Å². The first kappa shape index (κ1) is 24.3. The monoisotopic (exact) mass is 525 g/mol. The van der Waals surface area contributed by atoms with Gasteiger partial charge in [0.2, 0.25) is 0 Å². The number of hydrogen-bond acceptors (Lipinski definition) is 6. The van der Waals surface area contributed by atoms with Crippen LogP contribution in [-0.2, 0) is 4.79 Å². The Balaban J connectivity index is 0.000000364. The summed E-state index contributed by atoms with van der Waals surface area (Å²) in [5.41, 5.74) is 6.82. The minimum Gasteiger partial charge on any atom is -0.475 e. The maximum atomic E-state index is 13.9. The molecule has 5 N–H and O–H groups in total. The zero-order chi connectivity index (χ0) is 25.5. The molecule has 3 heterocycles. The van der Waals surface area contributed by atoms with Crippen LogP contribution in [0, 0.1) is 5.82 Å². The number of anilines is 1. The number of nitrogens with two attached hydrogens (primary N) is 1. The molecule has 0 bridgehead atoms. The third-order valence-corrected chi connectivity index (χ3v) is 5.71. The van der Waals surface area contributed by atoms with Crippen LogP contribution >= 0.6 is 23.4 Å². The van der Waals surface area contributed by atoms with E-state index >= 15 is 0 Å². The Morgan fingerprint density at radius 3 is 2.46 bits per heavy atom. The number of carboxylic acids is 1. The molecule has 14 heteroatoms. The maximum absolute atomic E-state index is 13.9. The molecular weight excluding hydrogens is 514 g/mol. The van der Waals surface area contributed by atoms with E-state index in [-0.39, 0.29) is 10.7 Å². The van der Waals surface area contributed by atoms with Gasteiger partial charge in [0.25, 0.3) is 5.56 Å². The first-order valence-electron chi connectivity index (χ1n) is 9.47. The van der Waals surface area contributed by atoms with Gasteiger partial charge < -0.3 is 20.8 Å². The summed E-state index contributed by atoms with van der Waals surface area (Å²) in [6, 6.07) is 9.52. The summed E-state index contributed by atoms with van der Waals surface area (Å²) in [6.45, 7) is 0. The zero-order valence-corrected chi connectivity index (χ0v) is 18.6. The van der Waals surface area contributed by atoms with Crippen molar-refractivity contribution >= 4 is 67.7 Å². The molecule has 5 aromatic rings. The Labute approximate surface area is 201 Å². The fourth-order valence-electron chi connectivity index (χ4n) is 3.34. The normalized spacial score (nSPS) is 11.6. The number of nitrogens with zero attached hydrogens (tertiary/aromatic N) is 2. The van der Waals surface area contributed by atoms with E-state index < -0.39 is 18.0 Å². The number of imidazole rings is 1. The second-order valence-corrected chi connectivity index (χ2v) is 8.46. The fourth-order valence-corrected chi connectivity index (χ4v) is 4.48. The summed E-state index contributed by atoms with van der Waals surface area (Å²) >= 11 is 7.31. The number of aliphatic carboxylic acids is 1. The van der Waals surface area contributed by atoms with Crippen molar-refractivity contribution in [3.05, 3.63) is 63.9 Å². The number of carboxylic acid groups (broad SMARTS) is 1. The number of nitrogens with one attached hydrogen (secondary N) is 2. The smallest absolute Gasteiger partial charge is 0.475 e. The van der Waals surface area contributed by atoms with Crippen LogP contribution in [0.4, 0.5) is 23.4 Å². The number of halogens is 5. The van der Waals surface area contributed by atoms with Gasteiger partial charge in [0.05, 0.1) is 16.4 Å². The Bertz CT molecular complexity index is 1650. The van der Waals surface area contributed by atoms with Gasteiger partial charge in [-0.1, -0.05) is 23.4 Å². The fraction of sp³-hybridized carbons (Fsp3) is 0.0476. The number of aromatic nitrogens is 4. The number of rotatable bonds is 2. The van der Waals surface area contributed by atoms with Crippen LogP contribution in [0.15, 0.2) is 57.4 Å². The van der Waals surface area contributed by atoms with Gasteiger partial charge >= 0.3 is 12.1 Å². The molecule has 0 fully saturated rings. The lowest BCUT2D eigenvalue weighted by atomic mass is 10.0. The molecule has 0 amide bonds. The van der Waals surface area contributed by atoms with Crippen molar-refractivity contribution in [2.45, 2.75) is 16.2 Å². The van der Waals surface area contributed by atoms with Crippen LogP contribution < -0.4 is 11.3 Å². The molecule has 0 aliphatic carbocycles. The molecule has 0 radical (unpaired) electrons. The number of fused-ring (bicyclic) bond motifs is 6. The molecule has 180 valence electrons. The molecule has 3 aromatic heterocycles. The lowest BCUT2D eigenvalue weighted by Gasteiger charge is -2.05. The lowest BCUT2D eigenvalue weighted by Crippen LogP contribution is -2.21. The summed E-state index contributed by atoms with van der Waals surface area (Å²) in [4.78, 5) is 36.7. The second-order valence-electron chi connectivity index (χ2n) is 7.01. The van der Waals surface area contributed by atoms with Gasteiger partial charge in [-0.25, -0.2) is 19.2 Å². The quantitative estimate of drug-likeness (QED) is 0.143. The van der Waals surface area contributed by atoms with E-state index in [0.717, 1.165) is 10.4 Å². The third-order valence-electron chi connectivity index (χ3n) is 4.66. The van der Waals surface area contributed by atoms with Crippen molar-refractivity contribution in [3.8, 4) is 0 Å². The first-order chi connectivity index (χ1) is 16.4. The van der Waals surface area contributed by atoms with Gasteiger partial charge in [0.15, 0.2) is 5.16 Å². The van der Waals surface area contributed by atoms with Gasteiger partial charge in [-0.3, -0.25) is 4.79 Å². The van der Waals surface area contributed by atoms with Crippen LogP contribution in [0.2, 0.25) is 5.15 Å². The number of nitrogen functional groups attached to an aromatic ring is 1. The van der Waals surface area contributed by atoms with E-state index in [0.29, 0.717) is 38.0 Å². The molecule has 0 atom stereocenters. The van der Waals surface area contributed by atoms with Crippen LogP contribution in [0.25, 0.3) is 32.6 Å². The van der Waals surface area contributed by atoms with Crippen molar-refractivity contribution in [2.24, 2.45) is 0 Å². The third kappa shape index (κ3) is 5.00. The SMILES string of the molecule is Nc1cc(Sc2nc3c4cc[nH]c(=O)c4c4cc(F)ccc4c3[nH]2)cc(Cl)n1.O=C(O)C(F)(F)F. The number of pyridine rings is 2. The zero-order valence-electron chi connectivity index (χ0n) is 17.1. The van der Waals surface area contributed by atoms with E-state index in [2.05, 4.69) is 19.9 Å². The highest BCUT2D eigenvalue weighted by molar-refractivity contribution is 7.99. The number of hydrogen-bond donors (Lipinski definition) is 4. The lowest BCUT2D eigenvalue weighted by molar-refractivity contribution is -0.192. The summed E-state index contributed by atoms with van der Waals surface area (Å²) < 4.78 is 45.6. The van der Waals surface area contributed by atoms with Crippen molar-refractivity contribution in [1.29, 1.82) is 0 Å². The van der Waals surface area contributed by atoms with E-state index in [4.69, 9.17) is 27.2 Å². The number of carbonyl (C=O) groups is 1. The topological polar surface area (TPSA) is 138 Å². The molecule has 0 saturated heterocycles. The summed E-state index contributed by atoms with van der Waals surface area (Å²) in [7, 11) is 0. The van der Waals surface area contributed by atoms with Crippen LogP contribution in [-0.4, -0.2) is 37.2 Å². The van der Waals surface area contributed by atoms with Gasteiger partial charge in [-0.05, 0) is 36.4 Å². The van der Waals surface area contributed by atoms with Gasteiger partial charge in [0, 0.05) is 27.3 Å². The Morgan fingerprint density at radius 2 is 1.80 bits per heavy atom. The standard InChI is InChI=1S/C19H11ClFN5OS.C2HF3O2/c20-13-6-9(7-14(22)24-13)28-19-25-16-10-2-1-8(21)5-12(10)15-11(17(16)26-19)3-4-23-18(15)27;3-2(4,5)1(6)7/h1-7H,(H2,22,24)(H,23,27)(H,25,26);(H,6,7). The molecule has 35 heavy (non-hydrogen) atoms. The summed E-state index contributed by atoms with van der Waals surface area (Å²) in [6.07, 6.45) is -3.53. The largest absolute Gasteiger partial charge is 0.490 e. The van der Waals surface area contributed by atoms with E-state index in [1.165, 1.54) is 23.9 Å². The minimum atomic E-state index is -5.08. The predicted octanol–water partition coefficient (Wildman–Crippen LogP) is 5.11. The van der Waals surface area contributed by atoms with Crippen LogP contribution in [0.3, 0.4) is 0 Å². The molecular formula is C21H12ClF4N5O3S. The molecule has 0 saturated carbocycles. The molecule has 0 aliphatic rings. The summed E-state index contributed by atoms with van der Waals surface area (Å²) in [5, 5.41) is 10.3. The van der Waals surface area contributed by atoms with E-state index in [9.17, 15) is 22.4 Å². The van der Waals surface area contributed by atoms with E-state index in [1.54, 1.807) is 30.5 Å². The average molecular weight is 526 g/mol. The number of H-pyrrole nitrogens is 2. The highest BCUT2D eigenvalue weighted by Gasteiger charge is 2.38. The Kier molecular flexibility index (Phi) is 6.30. The summed E-state index contributed by atoms with van der Waals surface area (Å²) in [5.74, 6) is -2.86. The molecule has 0 unspecified atom stereocenters. The minimum absolute atomic E-state index is 0.288.